The zero-order chi connectivity index (χ0) is 22.0. The summed E-state index contributed by atoms with van der Waals surface area (Å²) in [7, 11) is 3.10. The van der Waals surface area contributed by atoms with Gasteiger partial charge in [-0.2, -0.15) is 0 Å². The number of hydrogen-bond acceptors (Lipinski definition) is 5. The monoisotopic (exact) mass is 444 g/mol. The molecule has 8 heteroatoms. The first-order valence-corrected chi connectivity index (χ1v) is 11.2. The first kappa shape index (κ1) is 21.5. The average Bonchev–Trinajstić information content (AvgIpc) is 3.21. The number of likely N-dealkylation sites (tertiary alicyclic amines) is 1. The molecule has 0 aromatic heterocycles. The van der Waals surface area contributed by atoms with Gasteiger partial charge in [-0.3, -0.25) is 9.59 Å². The van der Waals surface area contributed by atoms with Crippen molar-refractivity contribution >= 4 is 23.6 Å². The SMILES string of the molecule is COc1ccc(C(=O)N2CCC3(CC2)SCCN3C(=O)c2ccc(F)cc2)c(OC)c1. The van der Waals surface area contributed by atoms with Gasteiger partial charge in [0.1, 0.15) is 17.3 Å². The molecular formula is C23H25FN2O4S. The van der Waals surface area contributed by atoms with E-state index >= 15 is 0 Å². The molecule has 164 valence electrons. The third-order valence-corrected chi connectivity index (χ3v) is 7.54. The standard InChI is InChI=1S/C23H25FN2O4S/c1-29-18-7-8-19(20(15-18)30-2)22(28)25-11-9-23(10-12-25)26(13-14-31-23)21(27)16-3-5-17(24)6-4-16/h3-8,15H,9-14H2,1-2H3. The molecule has 0 bridgehead atoms. The lowest BCUT2D eigenvalue weighted by Crippen LogP contribution is -2.53. The minimum absolute atomic E-state index is 0.0819. The van der Waals surface area contributed by atoms with Gasteiger partial charge in [0.25, 0.3) is 11.8 Å². The van der Waals surface area contributed by atoms with E-state index in [9.17, 15) is 14.0 Å². The highest BCUT2D eigenvalue weighted by molar-refractivity contribution is 8.00. The molecule has 2 aliphatic heterocycles. The summed E-state index contributed by atoms with van der Waals surface area (Å²) in [5.74, 6) is 1.43. The number of piperidine rings is 1. The molecule has 2 aromatic rings. The van der Waals surface area contributed by atoms with E-state index in [1.165, 1.54) is 31.4 Å². The van der Waals surface area contributed by atoms with E-state index in [1.807, 2.05) is 9.80 Å². The molecular weight excluding hydrogens is 419 g/mol. The second-order valence-corrected chi connectivity index (χ2v) is 9.07. The van der Waals surface area contributed by atoms with E-state index in [1.54, 1.807) is 37.1 Å². The van der Waals surface area contributed by atoms with Crippen LogP contribution in [0.3, 0.4) is 0 Å². The summed E-state index contributed by atoms with van der Waals surface area (Å²) < 4.78 is 23.8. The molecule has 0 saturated carbocycles. The van der Waals surface area contributed by atoms with Gasteiger partial charge < -0.3 is 19.3 Å². The Kier molecular flexibility index (Phi) is 6.09. The van der Waals surface area contributed by atoms with Crippen LogP contribution in [-0.4, -0.2) is 66.1 Å². The van der Waals surface area contributed by atoms with Crippen molar-refractivity contribution in [3.63, 3.8) is 0 Å². The fraction of sp³-hybridized carbons (Fsp3) is 0.391. The van der Waals surface area contributed by atoms with Crippen LogP contribution in [-0.2, 0) is 0 Å². The minimum Gasteiger partial charge on any atom is -0.497 e. The molecule has 0 N–H and O–H groups in total. The summed E-state index contributed by atoms with van der Waals surface area (Å²) >= 11 is 1.77. The molecule has 31 heavy (non-hydrogen) atoms. The molecule has 2 aliphatic rings. The van der Waals surface area contributed by atoms with Crippen molar-refractivity contribution < 1.29 is 23.5 Å². The Morgan fingerprint density at radius 3 is 2.32 bits per heavy atom. The summed E-state index contributed by atoms with van der Waals surface area (Å²) in [6.07, 6.45) is 1.38. The van der Waals surface area contributed by atoms with Gasteiger partial charge in [0.2, 0.25) is 0 Å². The maximum atomic E-state index is 13.2. The molecule has 2 aromatic carbocycles. The molecule has 2 amide bonds. The van der Waals surface area contributed by atoms with Crippen molar-refractivity contribution in [2.24, 2.45) is 0 Å². The number of hydrogen-bond donors (Lipinski definition) is 0. The van der Waals surface area contributed by atoms with Gasteiger partial charge in [-0.1, -0.05) is 0 Å². The van der Waals surface area contributed by atoms with Crippen molar-refractivity contribution in [3.8, 4) is 11.5 Å². The molecule has 0 aliphatic carbocycles. The molecule has 6 nitrogen and oxygen atoms in total. The maximum absolute atomic E-state index is 13.2. The number of carbonyl (C=O) groups excluding carboxylic acids is 2. The number of thioether (sulfide) groups is 1. The third kappa shape index (κ3) is 4.08. The molecule has 2 heterocycles. The van der Waals surface area contributed by atoms with Gasteiger partial charge in [-0.15, -0.1) is 11.8 Å². The van der Waals surface area contributed by atoms with E-state index in [-0.39, 0.29) is 22.5 Å². The lowest BCUT2D eigenvalue weighted by atomic mass is 10.00. The minimum atomic E-state index is -0.358. The highest BCUT2D eigenvalue weighted by Crippen LogP contribution is 2.45. The quantitative estimate of drug-likeness (QED) is 0.720. The van der Waals surface area contributed by atoms with Gasteiger partial charge in [-0.25, -0.2) is 4.39 Å². The summed E-state index contributed by atoms with van der Waals surface area (Å²) in [6, 6.07) is 10.9. The summed E-state index contributed by atoms with van der Waals surface area (Å²) in [4.78, 5) is 29.6. The number of nitrogens with zero attached hydrogens (tertiary/aromatic N) is 2. The van der Waals surface area contributed by atoms with Crippen LogP contribution in [0.25, 0.3) is 0 Å². The molecule has 1 spiro atoms. The highest BCUT2D eigenvalue weighted by Gasteiger charge is 2.47. The van der Waals surface area contributed by atoms with Crippen LogP contribution in [0.5, 0.6) is 11.5 Å². The summed E-state index contributed by atoms with van der Waals surface area (Å²) in [6.45, 7) is 1.75. The number of rotatable bonds is 4. The molecule has 0 atom stereocenters. The largest absolute Gasteiger partial charge is 0.497 e. The van der Waals surface area contributed by atoms with E-state index in [2.05, 4.69) is 0 Å². The lowest BCUT2D eigenvalue weighted by molar-refractivity contribution is 0.0496. The average molecular weight is 445 g/mol. The van der Waals surface area contributed by atoms with Crippen molar-refractivity contribution in [1.29, 1.82) is 0 Å². The fourth-order valence-corrected chi connectivity index (χ4v) is 5.72. The normalized spacial score (nSPS) is 17.6. The Morgan fingerprint density at radius 1 is 0.968 bits per heavy atom. The number of amides is 2. The second kappa shape index (κ2) is 8.78. The van der Waals surface area contributed by atoms with Gasteiger partial charge in [0, 0.05) is 37.0 Å². The lowest BCUT2D eigenvalue weighted by Gasteiger charge is -2.44. The van der Waals surface area contributed by atoms with Crippen molar-refractivity contribution in [2.45, 2.75) is 17.7 Å². The van der Waals surface area contributed by atoms with E-state index < -0.39 is 0 Å². The van der Waals surface area contributed by atoms with Crippen LogP contribution < -0.4 is 9.47 Å². The van der Waals surface area contributed by atoms with Gasteiger partial charge in [0.05, 0.1) is 24.7 Å². The predicted molar refractivity (Wildman–Crippen MR) is 117 cm³/mol. The van der Waals surface area contributed by atoms with Gasteiger partial charge in [0.15, 0.2) is 0 Å². The number of methoxy groups -OCH3 is 2. The van der Waals surface area contributed by atoms with Crippen LogP contribution >= 0.6 is 11.8 Å². The Bertz CT molecular complexity index is 974. The number of carbonyl (C=O) groups is 2. The van der Waals surface area contributed by atoms with Crippen molar-refractivity contribution in [1.82, 2.24) is 9.80 Å². The maximum Gasteiger partial charge on any atom is 0.257 e. The second-order valence-electron chi connectivity index (χ2n) is 7.62. The topological polar surface area (TPSA) is 59.1 Å². The summed E-state index contributed by atoms with van der Waals surface area (Å²) in [5, 5.41) is 0. The number of halogens is 1. The summed E-state index contributed by atoms with van der Waals surface area (Å²) in [5.41, 5.74) is 0.988. The van der Waals surface area contributed by atoms with Gasteiger partial charge in [-0.05, 0) is 49.2 Å². The molecule has 2 saturated heterocycles. The van der Waals surface area contributed by atoms with Crippen LogP contribution in [0.1, 0.15) is 33.6 Å². The van der Waals surface area contributed by atoms with Crippen LogP contribution in [0, 0.1) is 5.82 Å². The van der Waals surface area contributed by atoms with Crippen LogP contribution in [0.2, 0.25) is 0 Å². The Hall–Kier alpha value is -2.74. The zero-order valence-electron chi connectivity index (χ0n) is 17.6. The molecule has 4 rings (SSSR count). The smallest absolute Gasteiger partial charge is 0.257 e. The molecule has 0 unspecified atom stereocenters. The fourth-order valence-electron chi connectivity index (χ4n) is 4.26. The predicted octanol–water partition coefficient (Wildman–Crippen LogP) is 3.66. The number of benzene rings is 2. The zero-order valence-corrected chi connectivity index (χ0v) is 18.4. The van der Waals surface area contributed by atoms with Crippen LogP contribution in [0.15, 0.2) is 42.5 Å². The number of ether oxygens (including phenoxy) is 2. The van der Waals surface area contributed by atoms with E-state index in [0.717, 1.165) is 5.75 Å². The molecule has 2 fully saturated rings. The van der Waals surface area contributed by atoms with Gasteiger partial charge >= 0.3 is 0 Å². The Balaban J connectivity index is 1.48. The highest BCUT2D eigenvalue weighted by atomic mass is 32.2. The Morgan fingerprint density at radius 2 is 1.68 bits per heavy atom. The van der Waals surface area contributed by atoms with E-state index in [0.29, 0.717) is 55.1 Å². The van der Waals surface area contributed by atoms with Crippen molar-refractivity contribution in [3.05, 3.63) is 59.4 Å². The third-order valence-electron chi connectivity index (χ3n) is 5.98. The molecule has 0 radical (unpaired) electrons. The van der Waals surface area contributed by atoms with Crippen LogP contribution in [0.4, 0.5) is 4.39 Å². The Labute approximate surface area is 185 Å². The first-order valence-electron chi connectivity index (χ1n) is 10.2. The van der Waals surface area contributed by atoms with E-state index in [4.69, 9.17) is 9.47 Å². The van der Waals surface area contributed by atoms with Crippen molar-refractivity contribution in [2.75, 3.05) is 39.6 Å². The first-order chi connectivity index (χ1) is 15.0.